The Bertz CT molecular complexity index is 645. The van der Waals surface area contributed by atoms with E-state index in [4.69, 9.17) is 5.11 Å². The van der Waals surface area contributed by atoms with E-state index in [-0.39, 0.29) is 18.5 Å². The summed E-state index contributed by atoms with van der Waals surface area (Å²) in [6, 6.07) is 5.68. The van der Waals surface area contributed by atoms with Gasteiger partial charge in [-0.3, -0.25) is 14.4 Å². The molecule has 1 fully saturated rings. The molecule has 0 aromatic heterocycles. The number of carbonyl (C=O) groups excluding carboxylic acids is 2. The van der Waals surface area contributed by atoms with Crippen LogP contribution in [0.5, 0.6) is 0 Å². The molecule has 0 spiro atoms. The molecule has 0 radical (unpaired) electrons. The minimum absolute atomic E-state index is 0.0000907. The highest BCUT2D eigenvalue weighted by Gasteiger charge is 2.72. The molecule has 0 bridgehead atoms. The zero-order valence-corrected chi connectivity index (χ0v) is 12.4. The van der Waals surface area contributed by atoms with Crippen molar-refractivity contribution in [3.63, 3.8) is 0 Å². The number of benzene rings is 1. The lowest BCUT2D eigenvalue weighted by atomic mass is 10.1. The van der Waals surface area contributed by atoms with Gasteiger partial charge in [-0.05, 0) is 31.2 Å². The smallest absolute Gasteiger partial charge is 0.305 e. The van der Waals surface area contributed by atoms with Gasteiger partial charge in [0.25, 0.3) is 11.8 Å². The minimum atomic E-state index is -2.99. The first-order valence-electron chi connectivity index (χ1n) is 6.95. The van der Waals surface area contributed by atoms with Crippen LogP contribution < -0.4 is 10.6 Å². The molecule has 0 saturated heterocycles. The van der Waals surface area contributed by atoms with Crippen LogP contribution in [-0.4, -0.2) is 35.4 Å². The Kier molecular flexibility index (Phi) is 4.35. The molecule has 1 aromatic carbocycles. The molecule has 1 aliphatic carbocycles. The molecule has 8 heteroatoms. The fraction of sp³-hybridized carbons (Fsp3) is 0.400. The number of hydrogen-bond acceptors (Lipinski definition) is 3. The summed E-state index contributed by atoms with van der Waals surface area (Å²) in [6.07, 6.45) is -0.664. The molecule has 124 valence electrons. The Morgan fingerprint density at radius 3 is 2.26 bits per heavy atom. The van der Waals surface area contributed by atoms with Crippen LogP contribution >= 0.6 is 0 Å². The number of amides is 2. The molecule has 6 nitrogen and oxygen atoms in total. The number of carboxylic acids is 1. The molecule has 0 aliphatic heterocycles. The molecular formula is C15H16F2N2O4. The monoisotopic (exact) mass is 326 g/mol. The fourth-order valence-corrected chi connectivity index (χ4v) is 2.01. The summed E-state index contributed by atoms with van der Waals surface area (Å²) in [6.45, 7) is 1.20. The van der Waals surface area contributed by atoms with Gasteiger partial charge in [-0.25, -0.2) is 8.78 Å². The number of anilines is 1. The second-order valence-corrected chi connectivity index (χ2v) is 5.64. The molecular weight excluding hydrogens is 310 g/mol. The molecule has 23 heavy (non-hydrogen) atoms. The highest BCUT2D eigenvalue weighted by Crippen LogP contribution is 2.60. The van der Waals surface area contributed by atoms with E-state index in [9.17, 15) is 23.2 Å². The van der Waals surface area contributed by atoms with Crippen molar-refractivity contribution in [2.45, 2.75) is 25.7 Å². The number of halogens is 2. The summed E-state index contributed by atoms with van der Waals surface area (Å²) < 4.78 is 26.2. The molecule has 0 heterocycles. The number of hydrogen-bond donors (Lipinski definition) is 3. The van der Waals surface area contributed by atoms with Crippen LogP contribution in [0, 0.1) is 5.41 Å². The Labute approximate surface area is 130 Å². The van der Waals surface area contributed by atoms with E-state index in [1.165, 1.54) is 31.2 Å². The third kappa shape index (κ3) is 3.64. The van der Waals surface area contributed by atoms with Crippen molar-refractivity contribution >= 4 is 23.5 Å². The fourth-order valence-electron chi connectivity index (χ4n) is 2.01. The van der Waals surface area contributed by atoms with Gasteiger partial charge >= 0.3 is 5.97 Å². The Morgan fingerprint density at radius 2 is 1.78 bits per heavy atom. The first kappa shape index (κ1) is 16.9. The lowest BCUT2D eigenvalue weighted by Gasteiger charge is -2.11. The number of rotatable bonds is 6. The van der Waals surface area contributed by atoms with Crippen molar-refractivity contribution in [2.24, 2.45) is 5.41 Å². The van der Waals surface area contributed by atoms with Crippen molar-refractivity contribution in [3.05, 3.63) is 29.8 Å². The van der Waals surface area contributed by atoms with E-state index < -0.39 is 35.5 Å². The van der Waals surface area contributed by atoms with Gasteiger partial charge in [0, 0.05) is 24.2 Å². The molecule has 1 saturated carbocycles. The summed E-state index contributed by atoms with van der Waals surface area (Å²) in [5.74, 6) is -5.22. The standard InChI is InChI=1S/C15H16F2N2O4/c1-14(8-15(14,16)17)13(23)19-10-4-2-9(3-5-10)12(22)18-7-6-11(20)21/h2-5H,6-8H2,1H3,(H,18,22)(H,19,23)(H,20,21). The summed E-state index contributed by atoms with van der Waals surface area (Å²) >= 11 is 0. The van der Waals surface area contributed by atoms with Gasteiger partial charge in [0.1, 0.15) is 5.41 Å². The topological polar surface area (TPSA) is 95.5 Å². The number of nitrogens with one attached hydrogen (secondary N) is 2. The van der Waals surface area contributed by atoms with Gasteiger partial charge in [-0.2, -0.15) is 0 Å². The Morgan fingerprint density at radius 1 is 1.22 bits per heavy atom. The number of aliphatic carboxylic acids is 1. The van der Waals surface area contributed by atoms with Gasteiger partial charge in [0.2, 0.25) is 5.91 Å². The first-order chi connectivity index (χ1) is 10.7. The zero-order chi connectivity index (χ0) is 17.3. The maximum Gasteiger partial charge on any atom is 0.305 e. The van der Waals surface area contributed by atoms with Crippen molar-refractivity contribution < 1.29 is 28.3 Å². The molecule has 1 aliphatic rings. The normalized spacial score (nSPS) is 21.3. The Balaban J connectivity index is 1.91. The molecule has 3 N–H and O–H groups in total. The van der Waals surface area contributed by atoms with Crippen LogP contribution in [0.15, 0.2) is 24.3 Å². The van der Waals surface area contributed by atoms with Crippen molar-refractivity contribution in [1.82, 2.24) is 5.32 Å². The number of carbonyl (C=O) groups is 3. The summed E-state index contributed by atoms with van der Waals surface area (Å²) in [4.78, 5) is 33.9. The quantitative estimate of drug-likeness (QED) is 0.744. The second-order valence-electron chi connectivity index (χ2n) is 5.64. The van der Waals surface area contributed by atoms with Crippen LogP contribution in [0.2, 0.25) is 0 Å². The molecule has 1 aromatic rings. The maximum absolute atomic E-state index is 13.1. The molecule has 2 rings (SSSR count). The lowest BCUT2D eigenvalue weighted by molar-refractivity contribution is -0.136. The van der Waals surface area contributed by atoms with Crippen LogP contribution in [0.4, 0.5) is 14.5 Å². The molecule has 1 unspecified atom stereocenters. The molecule has 2 amide bonds. The van der Waals surface area contributed by atoms with Crippen molar-refractivity contribution in [3.8, 4) is 0 Å². The van der Waals surface area contributed by atoms with E-state index in [0.29, 0.717) is 5.69 Å². The van der Waals surface area contributed by atoms with Gasteiger partial charge in [0.15, 0.2) is 0 Å². The van der Waals surface area contributed by atoms with Crippen LogP contribution in [-0.2, 0) is 9.59 Å². The third-order valence-electron chi connectivity index (χ3n) is 3.79. The van der Waals surface area contributed by atoms with Crippen LogP contribution in [0.3, 0.4) is 0 Å². The zero-order valence-electron chi connectivity index (χ0n) is 12.4. The highest BCUT2D eigenvalue weighted by atomic mass is 19.3. The van der Waals surface area contributed by atoms with Crippen molar-refractivity contribution in [1.29, 1.82) is 0 Å². The summed E-state index contributed by atoms with van der Waals surface area (Å²) in [5.41, 5.74) is -1.10. The van der Waals surface area contributed by atoms with Gasteiger partial charge in [-0.1, -0.05) is 0 Å². The van der Waals surface area contributed by atoms with E-state index in [0.717, 1.165) is 0 Å². The SMILES string of the molecule is CC1(C(=O)Nc2ccc(C(=O)NCCC(=O)O)cc2)CC1(F)F. The van der Waals surface area contributed by atoms with Crippen LogP contribution in [0.25, 0.3) is 0 Å². The molecule has 1 atom stereocenters. The summed E-state index contributed by atoms with van der Waals surface area (Å²) in [7, 11) is 0. The maximum atomic E-state index is 13.1. The van der Waals surface area contributed by atoms with Crippen molar-refractivity contribution in [2.75, 3.05) is 11.9 Å². The number of carboxylic acid groups (broad SMARTS) is 1. The minimum Gasteiger partial charge on any atom is -0.481 e. The number of alkyl halides is 2. The Hall–Kier alpha value is -2.51. The second kappa shape index (κ2) is 5.94. The van der Waals surface area contributed by atoms with Gasteiger partial charge in [-0.15, -0.1) is 0 Å². The average molecular weight is 326 g/mol. The van der Waals surface area contributed by atoms with E-state index in [2.05, 4.69) is 10.6 Å². The third-order valence-corrected chi connectivity index (χ3v) is 3.79. The predicted octanol–water partition coefficient (Wildman–Crippen LogP) is 1.87. The lowest BCUT2D eigenvalue weighted by Crippen LogP contribution is -2.27. The predicted molar refractivity (Wildman–Crippen MR) is 77.3 cm³/mol. The van der Waals surface area contributed by atoms with Crippen LogP contribution in [0.1, 0.15) is 30.1 Å². The van der Waals surface area contributed by atoms with Gasteiger partial charge in [0.05, 0.1) is 6.42 Å². The van der Waals surface area contributed by atoms with Gasteiger partial charge < -0.3 is 15.7 Å². The average Bonchev–Trinajstić information content (AvgIpc) is 2.99. The van der Waals surface area contributed by atoms with E-state index >= 15 is 0 Å². The van der Waals surface area contributed by atoms with E-state index in [1.54, 1.807) is 0 Å². The first-order valence-corrected chi connectivity index (χ1v) is 6.95. The highest BCUT2D eigenvalue weighted by molar-refractivity contribution is 5.99. The summed E-state index contributed by atoms with van der Waals surface area (Å²) in [5, 5.41) is 13.3. The van der Waals surface area contributed by atoms with E-state index in [1.807, 2.05) is 0 Å². The largest absolute Gasteiger partial charge is 0.481 e.